The van der Waals surface area contributed by atoms with Crippen molar-refractivity contribution in [1.29, 1.82) is 0 Å². The molecule has 0 spiro atoms. The minimum atomic E-state index is -0.543. The number of rotatable bonds is 7. The fourth-order valence-corrected chi connectivity index (χ4v) is 2.12. The fraction of sp³-hybridized carbons (Fsp3) is 0.400. The number of benzene rings is 1. The van der Waals surface area contributed by atoms with Gasteiger partial charge in [-0.25, -0.2) is 13.8 Å². The van der Waals surface area contributed by atoms with Gasteiger partial charge in [0.15, 0.2) is 0 Å². The predicted octanol–water partition coefficient (Wildman–Crippen LogP) is 3.29. The van der Waals surface area contributed by atoms with Crippen molar-refractivity contribution in [3.05, 3.63) is 54.1 Å². The molecule has 1 N–H and O–H groups in total. The van der Waals surface area contributed by atoms with Gasteiger partial charge in [0.1, 0.15) is 11.6 Å². The molecule has 0 amide bonds. The molecule has 0 aliphatic rings. The molecule has 108 valence electrons. The number of hydrogen-bond donors (Lipinski definition) is 1. The van der Waals surface area contributed by atoms with Crippen LogP contribution < -0.4 is 5.32 Å². The van der Waals surface area contributed by atoms with Crippen molar-refractivity contribution in [2.45, 2.75) is 32.4 Å². The van der Waals surface area contributed by atoms with E-state index in [4.69, 9.17) is 0 Å². The minimum Gasteiger partial charge on any atom is -0.337 e. The summed E-state index contributed by atoms with van der Waals surface area (Å²) in [5.74, 6) is -1.04. The van der Waals surface area contributed by atoms with E-state index in [1.165, 1.54) is 12.1 Å². The van der Waals surface area contributed by atoms with Gasteiger partial charge in [-0.15, -0.1) is 0 Å². The molecule has 0 fully saturated rings. The zero-order valence-electron chi connectivity index (χ0n) is 11.5. The van der Waals surface area contributed by atoms with Gasteiger partial charge in [0, 0.05) is 36.6 Å². The topological polar surface area (TPSA) is 29.9 Å². The first-order valence-corrected chi connectivity index (χ1v) is 6.81. The Bertz CT molecular complexity index is 526. The van der Waals surface area contributed by atoms with Crippen LogP contribution in [0.3, 0.4) is 0 Å². The zero-order chi connectivity index (χ0) is 14.4. The lowest BCUT2D eigenvalue weighted by atomic mass is 10.1. The van der Waals surface area contributed by atoms with Crippen LogP contribution in [0.2, 0.25) is 0 Å². The molecule has 0 aliphatic heterocycles. The van der Waals surface area contributed by atoms with Gasteiger partial charge in [-0.3, -0.25) is 0 Å². The summed E-state index contributed by atoms with van der Waals surface area (Å²) < 4.78 is 28.4. The molecular formula is C15H19F2N3. The monoisotopic (exact) mass is 279 g/mol. The molecule has 2 rings (SSSR count). The Morgan fingerprint density at radius 1 is 1.30 bits per heavy atom. The van der Waals surface area contributed by atoms with E-state index in [9.17, 15) is 8.78 Å². The Kier molecular flexibility index (Phi) is 5.24. The number of halogens is 2. The third kappa shape index (κ3) is 4.13. The summed E-state index contributed by atoms with van der Waals surface area (Å²) >= 11 is 0. The number of imidazole rings is 1. The molecule has 0 aliphatic carbocycles. The predicted molar refractivity (Wildman–Crippen MR) is 74.2 cm³/mol. The lowest BCUT2D eigenvalue weighted by Crippen LogP contribution is -2.21. The Morgan fingerprint density at radius 2 is 2.15 bits per heavy atom. The summed E-state index contributed by atoms with van der Waals surface area (Å²) in [7, 11) is 0. The third-order valence-corrected chi connectivity index (χ3v) is 3.28. The van der Waals surface area contributed by atoms with E-state index in [0.29, 0.717) is 5.56 Å². The average molecular weight is 279 g/mol. The second kappa shape index (κ2) is 7.14. The highest BCUT2D eigenvalue weighted by atomic mass is 19.1. The van der Waals surface area contributed by atoms with Crippen molar-refractivity contribution >= 4 is 0 Å². The minimum absolute atomic E-state index is 0.121. The van der Waals surface area contributed by atoms with Gasteiger partial charge >= 0.3 is 0 Å². The van der Waals surface area contributed by atoms with E-state index < -0.39 is 11.6 Å². The summed E-state index contributed by atoms with van der Waals surface area (Å²) in [6, 6.07) is 3.58. The number of nitrogens with one attached hydrogen (secondary N) is 1. The van der Waals surface area contributed by atoms with Crippen LogP contribution in [0.5, 0.6) is 0 Å². The van der Waals surface area contributed by atoms with Crippen LogP contribution >= 0.6 is 0 Å². The molecule has 0 bridgehead atoms. The average Bonchev–Trinajstić information content (AvgIpc) is 2.91. The summed E-state index contributed by atoms with van der Waals surface area (Å²) in [6.45, 7) is 3.61. The Morgan fingerprint density at radius 3 is 2.85 bits per heavy atom. The van der Waals surface area contributed by atoms with Crippen LogP contribution in [0, 0.1) is 11.6 Å². The molecule has 5 heteroatoms. The summed E-state index contributed by atoms with van der Waals surface area (Å²) in [5, 5.41) is 3.25. The van der Waals surface area contributed by atoms with E-state index in [1.807, 2.05) is 17.7 Å². The van der Waals surface area contributed by atoms with Crippen LogP contribution in [-0.2, 0) is 6.54 Å². The maximum Gasteiger partial charge on any atom is 0.130 e. The van der Waals surface area contributed by atoms with Crippen molar-refractivity contribution in [3.8, 4) is 0 Å². The largest absolute Gasteiger partial charge is 0.337 e. The standard InChI is InChI=1S/C15H19F2N3/c1-12(14-5-4-13(16)10-15(14)17)19-6-2-3-8-20-9-7-18-11-20/h4-5,7,9-12,19H,2-3,6,8H2,1H3. The van der Waals surface area contributed by atoms with E-state index in [2.05, 4.69) is 10.3 Å². The van der Waals surface area contributed by atoms with Crippen LogP contribution in [-0.4, -0.2) is 16.1 Å². The van der Waals surface area contributed by atoms with Crippen molar-refractivity contribution < 1.29 is 8.78 Å². The Labute approximate surface area is 117 Å². The third-order valence-electron chi connectivity index (χ3n) is 3.28. The molecule has 0 radical (unpaired) electrons. The molecule has 0 saturated carbocycles. The maximum atomic E-state index is 13.6. The van der Waals surface area contributed by atoms with E-state index >= 15 is 0 Å². The lowest BCUT2D eigenvalue weighted by molar-refractivity contribution is 0.497. The Hall–Kier alpha value is -1.75. The molecule has 1 heterocycles. The normalized spacial score (nSPS) is 12.6. The number of hydrogen-bond acceptors (Lipinski definition) is 2. The van der Waals surface area contributed by atoms with Gasteiger partial charge in [-0.1, -0.05) is 6.07 Å². The smallest absolute Gasteiger partial charge is 0.130 e. The van der Waals surface area contributed by atoms with Crippen LogP contribution in [0.15, 0.2) is 36.9 Å². The highest BCUT2D eigenvalue weighted by Gasteiger charge is 2.10. The Balaban J connectivity index is 1.70. The second-order valence-corrected chi connectivity index (χ2v) is 4.85. The number of aryl methyl sites for hydroxylation is 1. The zero-order valence-corrected chi connectivity index (χ0v) is 11.5. The van der Waals surface area contributed by atoms with Gasteiger partial charge in [-0.05, 0) is 32.4 Å². The number of aromatic nitrogens is 2. The quantitative estimate of drug-likeness (QED) is 0.788. The highest BCUT2D eigenvalue weighted by molar-refractivity contribution is 5.21. The SMILES string of the molecule is CC(NCCCCn1ccnc1)c1ccc(F)cc1F. The van der Waals surface area contributed by atoms with Gasteiger partial charge < -0.3 is 9.88 Å². The maximum absolute atomic E-state index is 13.6. The van der Waals surface area contributed by atoms with Gasteiger partial charge in [0.05, 0.1) is 6.33 Å². The van der Waals surface area contributed by atoms with Gasteiger partial charge in [-0.2, -0.15) is 0 Å². The van der Waals surface area contributed by atoms with Crippen LogP contribution in [0.25, 0.3) is 0 Å². The van der Waals surface area contributed by atoms with Crippen molar-refractivity contribution in [1.82, 2.24) is 14.9 Å². The molecule has 1 atom stereocenters. The summed E-state index contributed by atoms with van der Waals surface area (Å²) in [5.41, 5.74) is 0.501. The molecule has 20 heavy (non-hydrogen) atoms. The second-order valence-electron chi connectivity index (χ2n) is 4.85. The van der Waals surface area contributed by atoms with Crippen LogP contribution in [0.4, 0.5) is 8.78 Å². The van der Waals surface area contributed by atoms with Crippen LogP contribution in [0.1, 0.15) is 31.4 Å². The van der Waals surface area contributed by atoms with Crippen molar-refractivity contribution in [2.24, 2.45) is 0 Å². The molecule has 2 aromatic rings. The molecule has 3 nitrogen and oxygen atoms in total. The number of unbranched alkanes of at least 4 members (excludes halogenated alkanes) is 1. The molecule has 0 saturated heterocycles. The first kappa shape index (κ1) is 14.7. The van der Waals surface area contributed by atoms with E-state index in [1.54, 1.807) is 12.5 Å². The molecular weight excluding hydrogens is 260 g/mol. The highest BCUT2D eigenvalue weighted by Crippen LogP contribution is 2.17. The summed E-state index contributed by atoms with van der Waals surface area (Å²) in [6.07, 6.45) is 7.51. The first-order valence-electron chi connectivity index (χ1n) is 6.81. The van der Waals surface area contributed by atoms with Crippen molar-refractivity contribution in [3.63, 3.8) is 0 Å². The van der Waals surface area contributed by atoms with E-state index in [0.717, 1.165) is 32.0 Å². The molecule has 1 unspecified atom stereocenters. The molecule has 1 aromatic carbocycles. The number of nitrogens with zero attached hydrogens (tertiary/aromatic N) is 2. The van der Waals surface area contributed by atoms with Gasteiger partial charge in [0.25, 0.3) is 0 Å². The fourth-order valence-electron chi connectivity index (χ4n) is 2.12. The lowest BCUT2D eigenvalue weighted by Gasteiger charge is -2.15. The van der Waals surface area contributed by atoms with E-state index in [-0.39, 0.29) is 6.04 Å². The molecule has 1 aromatic heterocycles. The van der Waals surface area contributed by atoms with Gasteiger partial charge in [0.2, 0.25) is 0 Å². The summed E-state index contributed by atoms with van der Waals surface area (Å²) in [4.78, 5) is 3.98. The first-order chi connectivity index (χ1) is 9.66. The van der Waals surface area contributed by atoms with Crippen molar-refractivity contribution in [2.75, 3.05) is 6.54 Å².